The summed E-state index contributed by atoms with van der Waals surface area (Å²) in [5.41, 5.74) is 4.79. The lowest BCUT2D eigenvalue weighted by Gasteiger charge is -2.18. The molecule has 2 aromatic carbocycles. The summed E-state index contributed by atoms with van der Waals surface area (Å²) in [6, 6.07) is 13.9. The molecule has 0 spiro atoms. The first-order chi connectivity index (χ1) is 13.3. The van der Waals surface area contributed by atoms with Gasteiger partial charge in [0, 0.05) is 14.1 Å². The van der Waals surface area contributed by atoms with E-state index in [-0.39, 0.29) is 5.95 Å². The molecule has 1 aliphatic carbocycles. The lowest BCUT2D eigenvalue weighted by Crippen LogP contribution is -2.16. The molecule has 1 saturated carbocycles. The molecule has 3 aromatic rings. The first-order valence-corrected chi connectivity index (χ1v) is 9.17. The highest BCUT2D eigenvalue weighted by Gasteiger charge is 2.38. The lowest BCUT2D eigenvalue weighted by atomic mass is 9.95. The van der Waals surface area contributed by atoms with Crippen LogP contribution in [-0.4, -0.2) is 28.9 Å². The van der Waals surface area contributed by atoms with E-state index in [0.29, 0.717) is 11.6 Å². The summed E-state index contributed by atoms with van der Waals surface area (Å²) in [6.45, 7) is 2.04. The van der Waals surface area contributed by atoms with Crippen molar-refractivity contribution in [1.82, 2.24) is 14.8 Å². The second kappa shape index (κ2) is 6.65. The van der Waals surface area contributed by atoms with Gasteiger partial charge in [-0.15, -0.1) is 5.10 Å². The quantitative estimate of drug-likeness (QED) is 0.618. The van der Waals surface area contributed by atoms with Crippen molar-refractivity contribution in [2.45, 2.75) is 31.9 Å². The van der Waals surface area contributed by atoms with Crippen molar-refractivity contribution in [3.8, 4) is 16.8 Å². The molecule has 1 aliphatic rings. The van der Waals surface area contributed by atoms with Gasteiger partial charge < -0.3 is 4.90 Å². The van der Waals surface area contributed by atoms with E-state index in [1.807, 2.05) is 43.3 Å². The van der Waals surface area contributed by atoms with Crippen LogP contribution in [0.2, 0.25) is 0 Å². The Bertz CT molecular complexity index is 1000. The maximum Gasteiger partial charge on any atom is 0.453 e. The molecule has 4 rings (SSSR count). The van der Waals surface area contributed by atoms with Crippen LogP contribution < -0.4 is 4.90 Å². The topological polar surface area (TPSA) is 34.0 Å². The third kappa shape index (κ3) is 3.37. The summed E-state index contributed by atoms with van der Waals surface area (Å²) < 4.78 is 41.2. The Labute approximate surface area is 161 Å². The summed E-state index contributed by atoms with van der Waals surface area (Å²) in [5, 5.41) is 3.85. The largest absolute Gasteiger partial charge is 0.453 e. The molecule has 0 N–H and O–H groups in total. The molecular weight excluding hydrogens is 365 g/mol. The molecule has 0 atom stereocenters. The number of hydrogen-bond acceptors (Lipinski definition) is 3. The van der Waals surface area contributed by atoms with Crippen LogP contribution >= 0.6 is 0 Å². The second-order valence-corrected chi connectivity index (χ2v) is 7.41. The molecule has 146 valence electrons. The average Bonchev–Trinajstić information content (AvgIpc) is 3.38. The van der Waals surface area contributed by atoms with Crippen molar-refractivity contribution < 1.29 is 13.2 Å². The molecule has 7 heteroatoms. The zero-order valence-electron chi connectivity index (χ0n) is 16.0. The number of benzene rings is 2. The van der Waals surface area contributed by atoms with Gasteiger partial charge in [-0.2, -0.15) is 22.8 Å². The fourth-order valence-corrected chi connectivity index (χ4v) is 3.43. The monoisotopic (exact) mass is 386 g/mol. The van der Waals surface area contributed by atoms with Gasteiger partial charge in [-0.05, 0) is 54.0 Å². The molecule has 0 unspecified atom stereocenters. The highest BCUT2D eigenvalue weighted by Crippen LogP contribution is 2.45. The fraction of sp³-hybridized carbons (Fsp3) is 0.333. The molecule has 28 heavy (non-hydrogen) atoms. The Morgan fingerprint density at radius 2 is 1.75 bits per heavy atom. The Kier molecular flexibility index (Phi) is 4.40. The Hall–Kier alpha value is -2.83. The molecule has 1 fully saturated rings. The molecule has 4 nitrogen and oxygen atoms in total. The Balaban J connectivity index is 1.95. The number of aromatic nitrogens is 3. The first-order valence-electron chi connectivity index (χ1n) is 9.17. The molecule has 1 heterocycles. The van der Waals surface area contributed by atoms with Gasteiger partial charge in [0.05, 0.1) is 5.69 Å². The van der Waals surface area contributed by atoms with Crippen LogP contribution in [0.25, 0.3) is 16.8 Å². The average molecular weight is 386 g/mol. The number of rotatable bonds is 4. The highest BCUT2D eigenvalue weighted by molar-refractivity contribution is 5.72. The molecule has 0 radical (unpaired) electrons. The number of anilines is 1. The predicted octanol–water partition coefficient (Wildman–Crippen LogP) is 5.20. The second-order valence-electron chi connectivity index (χ2n) is 7.41. The van der Waals surface area contributed by atoms with Crippen LogP contribution in [0, 0.1) is 6.92 Å². The molecule has 0 aliphatic heterocycles. The number of halogens is 3. The standard InChI is InChI=1S/C21H21F3N4/c1-13-11-17(15-9-10-15)18(12-16(13)14-7-5-4-6-8-14)28-20(27(2)3)25-19(26-28)21(22,23)24/h4-8,11-12,15H,9-10H2,1-3H3. The number of aryl methyl sites for hydroxylation is 1. The maximum absolute atomic E-state index is 13.3. The third-order valence-corrected chi connectivity index (χ3v) is 4.95. The van der Waals surface area contributed by atoms with Crippen molar-refractivity contribution in [3.63, 3.8) is 0 Å². The van der Waals surface area contributed by atoms with Gasteiger partial charge >= 0.3 is 6.18 Å². The van der Waals surface area contributed by atoms with Crippen LogP contribution in [0.5, 0.6) is 0 Å². The predicted molar refractivity (Wildman–Crippen MR) is 103 cm³/mol. The van der Waals surface area contributed by atoms with E-state index >= 15 is 0 Å². The minimum absolute atomic E-state index is 0.164. The van der Waals surface area contributed by atoms with Crippen molar-refractivity contribution in [3.05, 3.63) is 59.4 Å². The molecule has 0 amide bonds. The summed E-state index contributed by atoms with van der Waals surface area (Å²) in [7, 11) is 3.34. The van der Waals surface area contributed by atoms with Gasteiger partial charge in [0.2, 0.25) is 5.95 Å². The van der Waals surface area contributed by atoms with Gasteiger partial charge in [-0.1, -0.05) is 36.4 Å². The summed E-state index contributed by atoms with van der Waals surface area (Å²) in [4.78, 5) is 5.31. The van der Waals surface area contributed by atoms with Gasteiger partial charge in [0.15, 0.2) is 0 Å². The van der Waals surface area contributed by atoms with Crippen LogP contribution in [0.4, 0.5) is 19.1 Å². The Morgan fingerprint density at radius 1 is 1.07 bits per heavy atom. The van der Waals surface area contributed by atoms with Crippen molar-refractivity contribution in [2.75, 3.05) is 19.0 Å². The van der Waals surface area contributed by atoms with Gasteiger partial charge in [0.25, 0.3) is 5.82 Å². The zero-order valence-corrected chi connectivity index (χ0v) is 16.0. The van der Waals surface area contributed by atoms with E-state index in [9.17, 15) is 13.2 Å². The first kappa shape index (κ1) is 18.5. The van der Waals surface area contributed by atoms with E-state index in [2.05, 4.69) is 16.1 Å². The number of alkyl halides is 3. The molecule has 0 bridgehead atoms. The van der Waals surface area contributed by atoms with Gasteiger partial charge in [-0.25, -0.2) is 0 Å². The zero-order chi connectivity index (χ0) is 20.1. The van der Waals surface area contributed by atoms with Crippen LogP contribution in [0.1, 0.15) is 35.7 Å². The number of nitrogens with zero attached hydrogens (tertiary/aromatic N) is 4. The van der Waals surface area contributed by atoms with E-state index in [4.69, 9.17) is 0 Å². The van der Waals surface area contributed by atoms with E-state index < -0.39 is 12.0 Å². The smallest absolute Gasteiger partial charge is 0.347 e. The van der Waals surface area contributed by atoms with Crippen molar-refractivity contribution >= 4 is 5.95 Å². The summed E-state index contributed by atoms with van der Waals surface area (Å²) >= 11 is 0. The van der Waals surface area contributed by atoms with E-state index in [1.165, 1.54) is 4.68 Å². The van der Waals surface area contributed by atoms with Crippen molar-refractivity contribution in [1.29, 1.82) is 0 Å². The third-order valence-electron chi connectivity index (χ3n) is 4.95. The molecule has 0 saturated heterocycles. The lowest BCUT2D eigenvalue weighted by molar-refractivity contribution is -0.144. The van der Waals surface area contributed by atoms with Crippen LogP contribution in [-0.2, 0) is 6.18 Å². The highest BCUT2D eigenvalue weighted by atomic mass is 19.4. The van der Waals surface area contributed by atoms with Gasteiger partial charge in [-0.3, -0.25) is 0 Å². The van der Waals surface area contributed by atoms with E-state index in [0.717, 1.165) is 35.1 Å². The SMILES string of the molecule is Cc1cc(C2CC2)c(-n2nc(C(F)(F)F)nc2N(C)C)cc1-c1ccccc1. The summed E-state index contributed by atoms with van der Waals surface area (Å²) in [5.74, 6) is -0.607. The van der Waals surface area contributed by atoms with Crippen molar-refractivity contribution in [2.24, 2.45) is 0 Å². The Morgan fingerprint density at radius 3 is 2.32 bits per heavy atom. The van der Waals surface area contributed by atoms with Gasteiger partial charge in [0.1, 0.15) is 0 Å². The van der Waals surface area contributed by atoms with Crippen LogP contribution in [0.3, 0.4) is 0 Å². The van der Waals surface area contributed by atoms with Crippen LogP contribution in [0.15, 0.2) is 42.5 Å². The normalized spacial score (nSPS) is 14.4. The minimum Gasteiger partial charge on any atom is -0.347 e. The molecular formula is C21H21F3N4. The van der Waals surface area contributed by atoms with E-state index in [1.54, 1.807) is 19.0 Å². The number of hydrogen-bond donors (Lipinski definition) is 0. The molecule has 1 aromatic heterocycles. The maximum atomic E-state index is 13.3. The fourth-order valence-electron chi connectivity index (χ4n) is 3.43. The summed E-state index contributed by atoms with van der Waals surface area (Å²) in [6.07, 6.45) is -2.52. The minimum atomic E-state index is -4.59.